The van der Waals surface area contributed by atoms with Gasteiger partial charge in [-0.1, -0.05) is 0 Å². The second-order valence-electron chi connectivity index (χ2n) is 3.63. The van der Waals surface area contributed by atoms with Crippen molar-refractivity contribution in [2.45, 2.75) is 20.8 Å². The highest BCUT2D eigenvalue weighted by atomic mass is 15.3. The van der Waals surface area contributed by atoms with Crippen molar-refractivity contribution in [3.05, 3.63) is 29.8 Å². The van der Waals surface area contributed by atoms with Crippen molar-refractivity contribution in [2.75, 3.05) is 11.9 Å². The molecular weight excluding hydrogens is 202 g/mol. The summed E-state index contributed by atoms with van der Waals surface area (Å²) in [6.07, 6.45) is 1.55. The lowest BCUT2D eigenvalue weighted by Gasteiger charge is -2.05. The second-order valence-corrected chi connectivity index (χ2v) is 3.63. The first-order valence-electron chi connectivity index (χ1n) is 5.30. The van der Waals surface area contributed by atoms with Crippen LogP contribution in [-0.4, -0.2) is 26.3 Å². The third-order valence-corrected chi connectivity index (χ3v) is 2.24. The fourth-order valence-corrected chi connectivity index (χ4v) is 1.60. The Morgan fingerprint density at radius 3 is 2.69 bits per heavy atom. The zero-order valence-electron chi connectivity index (χ0n) is 9.73. The van der Waals surface area contributed by atoms with Gasteiger partial charge in [-0.05, 0) is 26.8 Å². The molecule has 0 aliphatic carbocycles. The van der Waals surface area contributed by atoms with E-state index in [-0.39, 0.29) is 0 Å². The van der Waals surface area contributed by atoms with Crippen LogP contribution in [0.25, 0.3) is 5.82 Å². The molecule has 84 valence electrons. The Hall–Kier alpha value is -1.91. The molecule has 0 amide bonds. The Balaban J connectivity index is 2.40. The molecule has 0 aliphatic heterocycles. The van der Waals surface area contributed by atoms with Crippen LogP contribution in [0, 0.1) is 13.8 Å². The quantitative estimate of drug-likeness (QED) is 0.850. The average molecular weight is 217 g/mol. The van der Waals surface area contributed by atoms with E-state index in [0.717, 1.165) is 29.6 Å². The normalized spacial score (nSPS) is 10.4. The van der Waals surface area contributed by atoms with E-state index in [0.29, 0.717) is 0 Å². The van der Waals surface area contributed by atoms with Gasteiger partial charge in [0.1, 0.15) is 12.1 Å². The van der Waals surface area contributed by atoms with Crippen LogP contribution in [0.1, 0.15) is 18.3 Å². The van der Waals surface area contributed by atoms with Gasteiger partial charge in [-0.3, -0.25) is 0 Å². The number of nitrogens with one attached hydrogen (secondary N) is 1. The fraction of sp³-hybridized carbons (Fsp3) is 0.364. The smallest absolute Gasteiger partial charge is 0.159 e. The van der Waals surface area contributed by atoms with Crippen molar-refractivity contribution in [3.63, 3.8) is 0 Å². The lowest BCUT2D eigenvalue weighted by atomic mass is 10.4. The number of rotatable bonds is 3. The van der Waals surface area contributed by atoms with Crippen LogP contribution in [0.5, 0.6) is 0 Å². The number of hydrogen-bond donors (Lipinski definition) is 1. The highest BCUT2D eigenvalue weighted by Crippen LogP contribution is 2.11. The maximum atomic E-state index is 4.38. The number of hydrogen-bond acceptors (Lipinski definition) is 4. The Kier molecular flexibility index (Phi) is 2.85. The van der Waals surface area contributed by atoms with Crippen LogP contribution in [-0.2, 0) is 0 Å². The first-order valence-corrected chi connectivity index (χ1v) is 5.30. The minimum Gasteiger partial charge on any atom is -0.370 e. The van der Waals surface area contributed by atoms with Crippen molar-refractivity contribution in [1.82, 2.24) is 19.7 Å². The molecule has 5 nitrogen and oxygen atoms in total. The summed E-state index contributed by atoms with van der Waals surface area (Å²) in [6.45, 7) is 6.85. The first kappa shape index (κ1) is 10.6. The van der Waals surface area contributed by atoms with Crippen molar-refractivity contribution in [1.29, 1.82) is 0 Å². The van der Waals surface area contributed by atoms with E-state index in [1.807, 2.05) is 37.6 Å². The molecule has 0 saturated heterocycles. The highest BCUT2D eigenvalue weighted by molar-refractivity contribution is 5.40. The summed E-state index contributed by atoms with van der Waals surface area (Å²) in [5, 5.41) is 7.53. The molecule has 0 aliphatic rings. The minimum absolute atomic E-state index is 0.788. The van der Waals surface area contributed by atoms with Crippen molar-refractivity contribution in [3.8, 4) is 5.82 Å². The predicted molar refractivity (Wildman–Crippen MR) is 62.8 cm³/mol. The molecule has 2 rings (SSSR count). The molecule has 0 aromatic carbocycles. The Morgan fingerprint density at radius 2 is 2.06 bits per heavy atom. The Bertz CT molecular complexity index is 489. The number of nitrogens with zero attached hydrogens (tertiary/aromatic N) is 4. The van der Waals surface area contributed by atoms with Gasteiger partial charge in [0.05, 0.1) is 5.69 Å². The highest BCUT2D eigenvalue weighted by Gasteiger charge is 2.05. The molecule has 0 spiro atoms. The summed E-state index contributed by atoms with van der Waals surface area (Å²) in [5.74, 6) is 1.61. The molecule has 0 fully saturated rings. The van der Waals surface area contributed by atoms with Crippen LogP contribution >= 0.6 is 0 Å². The molecular formula is C11H15N5. The minimum atomic E-state index is 0.788. The molecule has 0 radical (unpaired) electrons. The van der Waals surface area contributed by atoms with Gasteiger partial charge < -0.3 is 5.32 Å². The topological polar surface area (TPSA) is 55.6 Å². The summed E-state index contributed by atoms with van der Waals surface area (Å²) in [5.41, 5.74) is 2.06. The summed E-state index contributed by atoms with van der Waals surface area (Å²) >= 11 is 0. The summed E-state index contributed by atoms with van der Waals surface area (Å²) in [4.78, 5) is 8.34. The van der Waals surface area contributed by atoms with E-state index in [4.69, 9.17) is 0 Å². The largest absolute Gasteiger partial charge is 0.370 e. The molecule has 0 atom stereocenters. The summed E-state index contributed by atoms with van der Waals surface area (Å²) < 4.78 is 1.82. The monoisotopic (exact) mass is 217 g/mol. The standard InChI is InChI=1S/C11H15N5/c1-4-12-10-6-11(14-7-13-10)16-9(3)5-8(2)15-16/h5-7H,4H2,1-3H3,(H,12,13,14). The molecule has 2 aromatic heterocycles. The van der Waals surface area contributed by atoms with E-state index in [1.54, 1.807) is 6.33 Å². The molecule has 0 saturated carbocycles. The van der Waals surface area contributed by atoms with E-state index < -0.39 is 0 Å². The van der Waals surface area contributed by atoms with Crippen LogP contribution in [0.2, 0.25) is 0 Å². The van der Waals surface area contributed by atoms with Gasteiger partial charge in [-0.2, -0.15) is 5.10 Å². The van der Waals surface area contributed by atoms with Crippen LogP contribution in [0.15, 0.2) is 18.5 Å². The predicted octanol–water partition coefficient (Wildman–Crippen LogP) is 1.71. The van der Waals surface area contributed by atoms with Gasteiger partial charge in [-0.15, -0.1) is 0 Å². The average Bonchev–Trinajstić information content (AvgIpc) is 2.59. The van der Waals surface area contributed by atoms with Crippen molar-refractivity contribution in [2.24, 2.45) is 0 Å². The van der Waals surface area contributed by atoms with E-state index in [1.165, 1.54) is 0 Å². The van der Waals surface area contributed by atoms with Crippen molar-refractivity contribution < 1.29 is 0 Å². The Labute approximate surface area is 94.5 Å². The van der Waals surface area contributed by atoms with Gasteiger partial charge in [0.2, 0.25) is 0 Å². The lowest BCUT2D eigenvalue weighted by molar-refractivity contribution is 0.801. The second kappa shape index (κ2) is 4.30. The lowest BCUT2D eigenvalue weighted by Crippen LogP contribution is -2.05. The van der Waals surface area contributed by atoms with Gasteiger partial charge >= 0.3 is 0 Å². The van der Waals surface area contributed by atoms with Gasteiger partial charge in [0.15, 0.2) is 5.82 Å². The van der Waals surface area contributed by atoms with Gasteiger partial charge in [0.25, 0.3) is 0 Å². The molecule has 5 heteroatoms. The molecule has 16 heavy (non-hydrogen) atoms. The third-order valence-electron chi connectivity index (χ3n) is 2.24. The molecule has 0 unspecified atom stereocenters. The van der Waals surface area contributed by atoms with E-state index >= 15 is 0 Å². The maximum absolute atomic E-state index is 4.38. The zero-order valence-corrected chi connectivity index (χ0v) is 9.73. The SMILES string of the molecule is CCNc1cc(-n2nc(C)cc2C)ncn1. The summed E-state index contributed by atoms with van der Waals surface area (Å²) in [6, 6.07) is 3.91. The molecule has 0 bridgehead atoms. The van der Waals surface area contributed by atoms with Gasteiger partial charge in [-0.25, -0.2) is 14.6 Å². The Morgan fingerprint density at radius 1 is 1.25 bits per heavy atom. The fourth-order valence-electron chi connectivity index (χ4n) is 1.60. The molecule has 2 aromatic rings. The van der Waals surface area contributed by atoms with Crippen LogP contribution in [0.4, 0.5) is 5.82 Å². The summed E-state index contributed by atoms with van der Waals surface area (Å²) in [7, 11) is 0. The van der Waals surface area contributed by atoms with Crippen LogP contribution < -0.4 is 5.32 Å². The maximum Gasteiger partial charge on any atom is 0.159 e. The van der Waals surface area contributed by atoms with Gasteiger partial charge in [0, 0.05) is 18.3 Å². The first-order chi connectivity index (χ1) is 7.70. The third kappa shape index (κ3) is 2.03. The van der Waals surface area contributed by atoms with E-state index in [2.05, 4.69) is 20.4 Å². The number of aryl methyl sites for hydroxylation is 2. The number of anilines is 1. The van der Waals surface area contributed by atoms with Crippen LogP contribution in [0.3, 0.4) is 0 Å². The zero-order chi connectivity index (χ0) is 11.5. The molecule has 1 N–H and O–H groups in total. The van der Waals surface area contributed by atoms with Crippen molar-refractivity contribution >= 4 is 5.82 Å². The molecule has 2 heterocycles. The van der Waals surface area contributed by atoms with E-state index in [9.17, 15) is 0 Å². The number of aromatic nitrogens is 4.